The lowest BCUT2D eigenvalue weighted by atomic mass is 10.1. The molecule has 2 unspecified atom stereocenters. The minimum absolute atomic E-state index is 0.346. The van der Waals surface area contributed by atoms with E-state index in [0.29, 0.717) is 0 Å². The first kappa shape index (κ1) is 18.7. The molecular formula is C13H26N2O5. The van der Waals surface area contributed by atoms with Crippen LogP contribution in [-0.4, -0.2) is 40.6 Å². The van der Waals surface area contributed by atoms with Gasteiger partial charge in [-0.15, -0.1) is 0 Å². The minimum atomic E-state index is -1.32. The number of nitrogens with two attached hydrogens (primary N) is 1. The monoisotopic (exact) mass is 290 g/mol. The van der Waals surface area contributed by atoms with Crippen LogP contribution in [0.4, 0.5) is 4.79 Å². The van der Waals surface area contributed by atoms with Gasteiger partial charge in [0.1, 0.15) is 11.7 Å². The van der Waals surface area contributed by atoms with E-state index in [4.69, 9.17) is 15.2 Å². The quantitative estimate of drug-likeness (QED) is 0.524. The van der Waals surface area contributed by atoms with E-state index in [2.05, 4.69) is 5.32 Å². The number of rotatable bonds is 4. The van der Waals surface area contributed by atoms with E-state index in [-0.39, 0.29) is 6.42 Å². The number of aliphatic hydroxyl groups excluding tert-OH is 1. The fourth-order valence-corrected chi connectivity index (χ4v) is 1.21. The molecule has 7 nitrogen and oxygen atoms in total. The molecule has 0 aliphatic rings. The Morgan fingerprint density at radius 3 is 2.10 bits per heavy atom. The molecule has 0 radical (unpaired) electrons. The van der Waals surface area contributed by atoms with Crippen LogP contribution < -0.4 is 11.1 Å². The second-order valence-corrected chi connectivity index (χ2v) is 6.60. The predicted octanol–water partition coefficient (Wildman–Crippen LogP) is 0.889. The summed E-state index contributed by atoms with van der Waals surface area (Å²) in [6.45, 7) is 10.5. The third-order valence-corrected chi connectivity index (χ3v) is 1.90. The molecule has 1 amide bonds. The summed E-state index contributed by atoms with van der Waals surface area (Å²) < 4.78 is 9.82. The van der Waals surface area contributed by atoms with Gasteiger partial charge in [0.25, 0.3) is 0 Å². The second kappa shape index (κ2) is 6.90. The molecule has 0 fully saturated rings. The molecule has 0 aromatic heterocycles. The van der Waals surface area contributed by atoms with Crippen molar-refractivity contribution in [2.45, 2.75) is 71.4 Å². The van der Waals surface area contributed by atoms with Gasteiger partial charge in [-0.05, 0) is 41.5 Å². The largest absolute Gasteiger partial charge is 0.460 e. The van der Waals surface area contributed by atoms with Crippen LogP contribution in [-0.2, 0) is 14.3 Å². The third kappa shape index (κ3) is 9.57. The van der Waals surface area contributed by atoms with Gasteiger partial charge < -0.3 is 19.9 Å². The Labute approximate surface area is 119 Å². The molecule has 0 rings (SSSR count). The summed E-state index contributed by atoms with van der Waals surface area (Å²) in [6, 6.07) is 0. The van der Waals surface area contributed by atoms with Crippen molar-refractivity contribution in [3.8, 4) is 0 Å². The van der Waals surface area contributed by atoms with Gasteiger partial charge in [0.15, 0.2) is 6.23 Å². The second-order valence-electron chi connectivity index (χ2n) is 6.60. The van der Waals surface area contributed by atoms with Crippen molar-refractivity contribution in [2.75, 3.05) is 0 Å². The van der Waals surface area contributed by atoms with Crippen LogP contribution in [0.15, 0.2) is 0 Å². The maximum Gasteiger partial charge on any atom is 0.409 e. The van der Waals surface area contributed by atoms with E-state index in [9.17, 15) is 14.7 Å². The topological polar surface area (TPSA) is 111 Å². The van der Waals surface area contributed by atoms with E-state index in [1.54, 1.807) is 41.5 Å². The van der Waals surface area contributed by atoms with Gasteiger partial charge in [-0.25, -0.2) is 4.79 Å². The van der Waals surface area contributed by atoms with Crippen LogP contribution in [0, 0.1) is 0 Å². The molecule has 0 saturated carbocycles. The number of aliphatic hydroxyl groups is 1. The lowest BCUT2D eigenvalue weighted by molar-refractivity contribution is -0.158. The van der Waals surface area contributed by atoms with Crippen molar-refractivity contribution in [3.63, 3.8) is 0 Å². The average molecular weight is 290 g/mol. The van der Waals surface area contributed by atoms with Crippen molar-refractivity contribution < 1.29 is 24.2 Å². The molecular weight excluding hydrogens is 264 g/mol. The van der Waals surface area contributed by atoms with E-state index < -0.39 is 35.5 Å². The summed E-state index contributed by atoms with van der Waals surface area (Å²) in [5.74, 6) is -0.611. The predicted molar refractivity (Wildman–Crippen MR) is 73.8 cm³/mol. The first-order valence-electron chi connectivity index (χ1n) is 6.44. The highest BCUT2D eigenvalue weighted by molar-refractivity contribution is 5.71. The van der Waals surface area contributed by atoms with Crippen LogP contribution in [0.3, 0.4) is 0 Å². The van der Waals surface area contributed by atoms with Gasteiger partial charge in [-0.3, -0.25) is 10.5 Å². The number of carbonyl (C=O) groups is 2. The first-order valence-corrected chi connectivity index (χ1v) is 6.44. The maximum atomic E-state index is 11.5. The molecule has 0 aliphatic carbocycles. The summed E-state index contributed by atoms with van der Waals surface area (Å²) in [5.41, 5.74) is 4.38. The highest BCUT2D eigenvalue weighted by Gasteiger charge is 2.26. The molecule has 0 spiro atoms. The molecule has 4 N–H and O–H groups in total. The normalized spacial score (nSPS) is 15.2. The van der Waals surface area contributed by atoms with Crippen LogP contribution in [0.1, 0.15) is 48.0 Å². The van der Waals surface area contributed by atoms with Gasteiger partial charge in [0, 0.05) is 5.54 Å². The number of esters is 1. The Kier molecular flexibility index (Phi) is 6.43. The zero-order valence-corrected chi connectivity index (χ0v) is 13.0. The number of hydrogen-bond donors (Lipinski definition) is 3. The van der Waals surface area contributed by atoms with Crippen molar-refractivity contribution in [2.24, 2.45) is 5.73 Å². The lowest BCUT2D eigenvalue weighted by Gasteiger charge is -2.25. The zero-order chi connectivity index (χ0) is 16.1. The number of nitrogens with one attached hydrogen (secondary N) is 1. The van der Waals surface area contributed by atoms with E-state index in [1.165, 1.54) is 0 Å². The molecule has 20 heavy (non-hydrogen) atoms. The standard InChI is InChI=1S/C13H26N2O5/c1-12(2,3)15-11(18)19-10(14)8(16)7-9(17)20-13(4,5)6/h8,10,16H,7,14H2,1-6H3,(H,15,18). The summed E-state index contributed by atoms with van der Waals surface area (Å²) in [6.07, 6.45) is -3.73. The van der Waals surface area contributed by atoms with Crippen molar-refractivity contribution in [1.29, 1.82) is 0 Å². The van der Waals surface area contributed by atoms with Crippen LogP contribution in [0.2, 0.25) is 0 Å². The van der Waals surface area contributed by atoms with Gasteiger partial charge in [-0.2, -0.15) is 0 Å². The van der Waals surface area contributed by atoms with Crippen LogP contribution in [0.5, 0.6) is 0 Å². The van der Waals surface area contributed by atoms with Gasteiger partial charge in [0.2, 0.25) is 0 Å². The Balaban J connectivity index is 4.25. The summed E-state index contributed by atoms with van der Waals surface area (Å²) in [5, 5.41) is 12.2. The molecule has 118 valence electrons. The van der Waals surface area contributed by atoms with Crippen LogP contribution in [0.25, 0.3) is 0 Å². The van der Waals surface area contributed by atoms with E-state index >= 15 is 0 Å². The number of ether oxygens (including phenoxy) is 2. The SMILES string of the molecule is CC(C)(C)NC(=O)OC(N)C(O)CC(=O)OC(C)(C)C. The highest BCUT2D eigenvalue weighted by Crippen LogP contribution is 2.10. The van der Waals surface area contributed by atoms with Crippen molar-refractivity contribution >= 4 is 12.1 Å². The summed E-state index contributed by atoms with van der Waals surface area (Å²) in [7, 11) is 0. The Hall–Kier alpha value is -1.34. The molecule has 7 heteroatoms. The highest BCUT2D eigenvalue weighted by atomic mass is 16.6. The Morgan fingerprint density at radius 2 is 1.70 bits per heavy atom. The maximum absolute atomic E-state index is 11.5. The number of alkyl carbamates (subject to hydrolysis) is 1. The fourth-order valence-electron chi connectivity index (χ4n) is 1.21. The molecule has 0 aromatic carbocycles. The molecule has 2 atom stereocenters. The van der Waals surface area contributed by atoms with E-state index in [0.717, 1.165) is 0 Å². The van der Waals surface area contributed by atoms with Gasteiger partial charge >= 0.3 is 12.1 Å². The lowest BCUT2D eigenvalue weighted by Crippen LogP contribution is -2.47. The van der Waals surface area contributed by atoms with Gasteiger partial charge in [-0.1, -0.05) is 0 Å². The molecule has 0 aromatic rings. The number of carbonyl (C=O) groups excluding carboxylic acids is 2. The fraction of sp³-hybridized carbons (Fsp3) is 0.846. The molecule has 0 saturated heterocycles. The van der Waals surface area contributed by atoms with E-state index in [1.807, 2.05) is 0 Å². The number of hydrogen-bond acceptors (Lipinski definition) is 6. The molecule has 0 aliphatic heterocycles. The first-order chi connectivity index (χ1) is 8.80. The smallest absolute Gasteiger partial charge is 0.409 e. The molecule has 0 heterocycles. The Bertz CT molecular complexity index is 310. The summed E-state index contributed by atoms with van der Waals surface area (Å²) in [4.78, 5) is 22.9. The zero-order valence-electron chi connectivity index (χ0n) is 13.0. The summed E-state index contributed by atoms with van der Waals surface area (Å²) >= 11 is 0. The Morgan fingerprint density at radius 1 is 1.20 bits per heavy atom. The average Bonchev–Trinajstić information content (AvgIpc) is 2.10. The number of amides is 1. The van der Waals surface area contributed by atoms with Crippen molar-refractivity contribution in [1.82, 2.24) is 5.32 Å². The minimum Gasteiger partial charge on any atom is -0.460 e. The van der Waals surface area contributed by atoms with Gasteiger partial charge in [0.05, 0.1) is 6.42 Å². The van der Waals surface area contributed by atoms with Crippen molar-refractivity contribution in [3.05, 3.63) is 0 Å². The third-order valence-electron chi connectivity index (χ3n) is 1.90. The van der Waals surface area contributed by atoms with Crippen LogP contribution >= 0.6 is 0 Å². The molecule has 0 bridgehead atoms.